The minimum atomic E-state index is 0.458. The Morgan fingerprint density at radius 2 is 1.76 bits per heavy atom. The maximum atomic E-state index is 5.78. The van der Waals surface area contributed by atoms with Gasteiger partial charge in [0.05, 0.1) is 7.11 Å². The predicted molar refractivity (Wildman–Crippen MR) is 67.4 cm³/mol. The molecule has 0 radical (unpaired) electrons. The zero-order chi connectivity index (χ0) is 12.1. The molecule has 0 aliphatic heterocycles. The van der Waals surface area contributed by atoms with Crippen LogP contribution in [0.4, 0.5) is 0 Å². The number of methoxy groups -OCH3 is 1. The van der Waals surface area contributed by atoms with Gasteiger partial charge in [-0.3, -0.25) is 0 Å². The summed E-state index contributed by atoms with van der Waals surface area (Å²) in [5.74, 6) is 2.29. The summed E-state index contributed by atoms with van der Waals surface area (Å²) in [5, 5.41) is 0. The van der Waals surface area contributed by atoms with E-state index in [9.17, 15) is 0 Å². The Hall–Kier alpha value is -2.00. The maximum absolute atomic E-state index is 5.78. The van der Waals surface area contributed by atoms with Crippen molar-refractivity contribution in [1.82, 2.24) is 0 Å². The molecule has 3 heteroatoms. The molecule has 0 unspecified atom stereocenters. The first-order valence-electron chi connectivity index (χ1n) is 5.43. The molecule has 0 bridgehead atoms. The van der Waals surface area contributed by atoms with Crippen molar-refractivity contribution in [2.45, 2.75) is 6.54 Å². The van der Waals surface area contributed by atoms with Crippen LogP contribution >= 0.6 is 0 Å². The van der Waals surface area contributed by atoms with Crippen LogP contribution in [0.2, 0.25) is 0 Å². The van der Waals surface area contributed by atoms with Gasteiger partial charge in [-0.05, 0) is 18.2 Å². The molecule has 2 aromatic carbocycles. The molecular formula is C14H15NO2. The second kappa shape index (κ2) is 5.37. The average molecular weight is 229 g/mol. The minimum Gasteiger partial charge on any atom is -0.497 e. The van der Waals surface area contributed by atoms with Crippen molar-refractivity contribution in [2.24, 2.45) is 5.73 Å². The summed E-state index contributed by atoms with van der Waals surface area (Å²) >= 11 is 0. The fourth-order valence-corrected chi connectivity index (χ4v) is 1.56. The van der Waals surface area contributed by atoms with E-state index in [4.69, 9.17) is 15.2 Å². The van der Waals surface area contributed by atoms with Gasteiger partial charge in [0, 0.05) is 18.2 Å². The number of nitrogens with two attached hydrogens (primary N) is 1. The molecule has 0 amide bonds. The van der Waals surface area contributed by atoms with Crippen LogP contribution in [0, 0.1) is 0 Å². The number of hydrogen-bond donors (Lipinski definition) is 1. The third kappa shape index (κ3) is 2.77. The Morgan fingerprint density at radius 1 is 1.00 bits per heavy atom. The highest BCUT2D eigenvalue weighted by Gasteiger charge is 2.03. The van der Waals surface area contributed by atoms with Gasteiger partial charge in [-0.2, -0.15) is 0 Å². The molecule has 2 N–H and O–H groups in total. The molecule has 0 aliphatic carbocycles. The summed E-state index contributed by atoms with van der Waals surface area (Å²) in [6.45, 7) is 0.458. The van der Waals surface area contributed by atoms with Gasteiger partial charge in [-0.25, -0.2) is 0 Å². The van der Waals surface area contributed by atoms with Crippen LogP contribution in [0.3, 0.4) is 0 Å². The smallest absolute Gasteiger partial charge is 0.131 e. The number of rotatable bonds is 4. The van der Waals surface area contributed by atoms with Crippen LogP contribution in [0.5, 0.6) is 17.2 Å². The quantitative estimate of drug-likeness (QED) is 0.876. The first-order valence-corrected chi connectivity index (χ1v) is 5.43. The Bertz CT molecular complexity index is 497. The van der Waals surface area contributed by atoms with E-state index in [-0.39, 0.29) is 0 Å². The molecule has 0 spiro atoms. The van der Waals surface area contributed by atoms with Crippen LogP contribution in [0.1, 0.15) is 5.56 Å². The lowest BCUT2D eigenvalue weighted by molar-refractivity contribution is 0.408. The normalized spacial score (nSPS) is 10.0. The molecule has 0 aliphatic rings. The van der Waals surface area contributed by atoms with Gasteiger partial charge in [0.25, 0.3) is 0 Å². The van der Waals surface area contributed by atoms with E-state index in [0.29, 0.717) is 6.54 Å². The van der Waals surface area contributed by atoms with E-state index >= 15 is 0 Å². The molecule has 0 saturated carbocycles. The molecule has 2 rings (SSSR count). The fraction of sp³-hybridized carbons (Fsp3) is 0.143. The van der Waals surface area contributed by atoms with E-state index in [1.807, 2.05) is 48.5 Å². The lowest BCUT2D eigenvalue weighted by Crippen LogP contribution is -1.99. The van der Waals surface area contributed by atoms with Crippen molar-refractivity contribution < 1.29 is 9.47 Å². The third-order valence-corrected chi connectivity index (χ3v) is 2.46. The molecule has 88 valence electrons. The van der Waals surface area contributed by atoms with Gasteiger partial charge >= 0.3 is 0 Å². The van der Waals surface area contributed by atoms with Crippen LogP contribution in [-0.4, -0.2) is 7.11 Å². The first-order chi connectivity index (χ1) is 8.33. The molecule has 0 fully saturated rings. The molecule has 0 heterocycles. The first kappa shape index (κ1) is 11.5. The van der Waals surface area contributed by atoms with Gasteiger partial charge in [0.15, 0.2) is 0 Å². The molecule has 3 nitrogen and oxygen atoms in total. The topological polar surface area (TPSA) is 44.5 Å². The van der Waals surface area contributed by atoms with Crippen LogP contribution < -0.4 is 15.2 Å². The zero-order valence-corrected chi connectivity index (χ0v) is 9.72. The van der Waals surface area contributed by atoms with Gasteiger partial charge < -0.3 is 15.2 Å². The highest BCUT2D eigenvalue weighted by atomic mass is 16.5. The Morgan fingerprint density at radius 3 is 2.53 bits per heavy atom. The van der Waals surface area contributed by atoms with Gasteiger partial charge in [-0.15, -0.1) is 0 Å². The van der Waals surface area contributed by atoms with Crippen molar-refractivity contribution in [1.29, 1.82) is 0 Å². The average Bonchev–Trinajstić information content (AvgIpc) is 2.39. The molecular weight excluding hydrogens is 214 g/mol. The highest BCUT2D eigenvalue weighted by molar-refractivity contribution is 5.40. The number of hydrogen-bond acceptors (Lipinski definition) is 3. The summed E-state index contributed by atoms with van der Waals surface area (Å²) < 4.78 is 10.9. The monoisotopic (exact) mass is 229 g/mol. The summed E-state index contributed by atoms with van der Waals surface area (Å²) in [6.07, 6.45) is 0. The van der Waals surface area contributed by atoms with Crippen molar-refractivity contribution in [2.75, 3.05) is 7.11 Å². The SMILES string of the molecule is COc1cccc(Oc2ccccc2CN)c1. The maximum Gasteiger partial charge on any atom is 0.131 e. The number of para-hydroxylation sites is 1. The van der Waals surface area contributed by atoms with E-state index in [0.717, 1.165) is 22.8 Å². The fourth-order valence-electron chi connectivity index (χ4n) is 1.56. The lowest BCUT2D eigenvalue weighted by Gasteiger charge is -2.10. The van der Waals surface area contributed by atoms with Gasteiger partial charge in [0.1, 0.15) is 17.2 Å². The standard InChI is InChI=1S/C14H15NO2/c1-16-12-6-4-7-13(9-12)17-14-8-3-2-5-11(14)10-15/h2-9H,10,15H2,1H3. The van der Waals surface area contributed by atoms with E-state index in [2.05, 4.69) is 0 Å². The summed E-state index contributed by atoms with van der Waals surface area (Å²) in [7, 11) is 1.63. The van der Waals surface area contributed by atoms with Crippen LogP contribution in [-0.2, 0) is 6.54 Å². The Labute approximate surface area is 101 Å². The molecule has 0 atom stereocenters. The minimum absolute atomic E-state index is 0.458. The Balaban J connectivity index is 2.24. The number of benzene rings is 2. The molecule has 0 saturated heterocycles. The third-order valence-electron chi connectivity index (χ3n) is 2.46. The van der Waals surface area contributed by atoms with E-state index in [1.165, 1.54) is 0 Å². The van der Waals surface area contributed by atoms with Crippen molar-refractivity contribution in [3.8, 4) is 17.2 Å². The van der Waals surface area contributed by atoms with E-state index in [1.54, 1.807) is 7.11 Å². The second-order valence-corrected chi connectivity index (χ2v) is 3.59. The van der Waals surface area contributed by atoms with Crippen molar-refractivity contribution in [3.63, 3.8) is 0 Å². The van der Waals surface area contributed by atoms with Crippen LogP contribution in [0.15, 0.2) is 48.5 Å². The predicted octanol–water partition coefficient (Wildman–Crippen LogP) is 2.95. The van der Waals surface area contributed by atoms with E-state index < -0.39 is 0 Å². The van der Waals surface area contributed by atoms with Crippen molar-refractivity contribution in [3.05, 3.63) is 54.1 Å². The molecule has 2 aromatic rings. The van der Waals surface area contributed by atoms with Gasteiger partial charge in [0.2, 0.25) is 0 Å². The van der Waals surface area contributed by atoms with Crippen LogP contribution in [0.25, 0.3) is 0 Å². The second-order valence-electron chi connectivity index (χ2n) is 3.59. The summed E-state index contributed by atoms with van der Waals surface area (Å²) in [5.41, 5.74) is 6.64. The summed E-state index contributed by atoms with van der Waals surface area (Å²) in [6, 6.07) is 15.2. The molecule has 17 heavy (non-hydrogen) atoms. The lowest BCUT2D eigenvalue weighted by atomic mass is 10.2. The largest absolute Gasteiger partial charge is 0.497 e. The van der Waals surface area contributed by atoms with Gasteiger partial charge in [-0.1, -0.05) is 24.3 Å². The van der Waals surface area contributed by atoms with Crippen molar-refractivity contribution >= 4 is 0 Å². The Kier molecular flexibility index (Phi) is 3.62. The molecule has 0 aromatic heterocycles. The zero-order valence-electron chi connectivity index (χ0n) is 9.72. The number of ether oxygens (including phenoxy) is 2. The summed E-state index contributed by atoms with van der Waals surface area (Å²) in [4.78, 5) is 0. The highest BCUT2D eigenvalue weighted by Crippen LogP contribution is 2.27.